The highest BCUT2D eigenvalue weighted by Gasteiger charge is 2.27. The SMILES string of the molecule is CN(C)C(=O)CN(c1ccc(F)cc1)S(=O)(=O)c1ccc(F)cc1. The van der Waals surface area contributed by atoms with Crippen LogP contribution in [-0.2, 0) is 14.8 Å². The van der Waals surface area contributed by atoms with Gasteiger partial charge in [0.2, 0.25) is 5.91 Å². The summed E-state index contributed by atoms with van der Waals surface area (Å²) in [4.78, 5) is 13.1. The van der Waals surface area contributed by atoms with Crippen molar-refractivity contribution < 1.29 is 22.0 Å². The first kappa shape index (κ1) is 17.9. The third-order valence-corrected chi connectivity index (χ3v) is 5.08. The van der Waals surface area contributed by atoms with Gasteiger partial charge in [-0.3, -0.25) is 9.10 Å². The molecule has 0 saturated carbocycles. The number of carbonyl (C=O) groups excluding carboxylic acids is 1. The summed E-state index contributed by atoms with van der Waals surface area (Å²) in [5.74, 6) is -1.56. The van der Waals surface area contributed by atoms with Crippen LogP contribution >= 0.6 is 0 Å². The summed E-state index contributed by atoms with van der Waals surface area (Å²) >= 11 is 0. The average molecular weight is 354 g/mol. The van der Waals surface area contributed by atoms with Crippen molar-refractivity contribution >= 4 is 21.6 Å². The van der Waals surface area contributed by atoms with Crippen molar-refractivity contribution in [3.05, 3.63) is 60.2 Å². The highest BCUT2D eigenvalue weighted by Crippen LogP contribution is 2.24. The Morgan fingerprint density at radius 1 is 0.917 bits per heavy atom. The Kier molecular flexibility index (Phi) is 5.18. The first-order chi connectivity index (χ1) is 11.2. The minimum atomic E-state index is -4.12. The summed E-state index contributed by atoms with van der Waals surface area (Å²) in [6.45, 7) is -0.460. The molecule has 0 aliphatic carbocycles. The molecule has 2 aromatic carbocycles. The van der Waals surface area contributed by atoms with Crippen LogP contribution in [0.5, 0.6) is 0 Å². The number of carbonyl (C=O) groups is 1. The molecule has 1 amide bonds. The van der Waals surface area contributed by atoms with Gasteiger partial charge < -0.3 is 4.90 Å². The maximum absolute atomic E-state index is 13.1. The van der Waals surface area contributed by atoms with Gasteiger partial charge in [0.15, 0.2) is 0 Å². The van der Waals surface area contributed by atoms with E-state index in [1.54, 1.807) is 0 Å². The van der Waals surface area contributed by atoms with Crippen LogP contribution in [0.3, 0.4) is 0 Å². The lowest BCUT2D eigenvalue weighted by Crippen LogP contribution is -2.40. The van der Waals surface area contributed by atoms with Gasteiger partial charge in [-0.25, -0.2) is 17.2 Å². The lowest BCUT2D eigenvalue weighted by Gasteiger charge is -2.25. The maximum Gasteiger partial charge on any atom is 0.264 e. The Bertz CT molecular complexity index is 819. The third-order valence-electron chi connectivity index (χ3n) is 3.29. The van der Waals surface area contributed by atoms with Gasteiger partial charge in [0.1, 0.15) is 18.2 Å². The maximum atomic E-state index is 13.1. The molecule has 0 heterocycles. The molecular formula is C16H16F2N2O3S. The van der Waals surface area contributed by atoms with Crippen molar-refractivity contribution in [2.45, 2.75) is 4.90 Å². The summed E-state index contributed by atoms with van der Waals surface area (Å²) < 4.78 is 52.7. The molecule has 0 aromatic heterocycles. The summed E-state index contributed by atoms with van der Waals surface area (Å²) in [5, 5.41) is 0. The zero-order valence-corrected chi connectivity index (χ0v) is 13.9. The topological polar surface area (TPSA) is 57.7 Å². The van der Waals surface area contributed by atoms with Crippen LogP contribution in [0.15, 0.2) is 53.4 Å². The van der Waals surface area contributed by atoms with E-state index >= 15 is 0 Å². The highest BCUT2D eigenvalue weighted by molar-refractivity contribution is 7.92. The molecule has 2 rings (SSSR count). The second-order valence-electron chi connectivity index (χ2n) is 5.23. The van der Waals surface area contributed by atoms with Crippen molar-refractivity contribution in [1.29, 1.82) is 0 Å². The van der Waals surface area contributed by atoms with Crippen molar-refractivity contribution in [1.82, 2.24) is 4.90 Å². The van der Waals surface area contributed by atoms with Gasteiger partial charge in [0.25, 0.3) is 10.0 Å². The largest absolute Gasteiger partial charge is 0.347 e. The molecule has 2 aromatic rings. The minimum absolute atomic E-state index is 0.135. The fraction of sp³-hybridized carbons (Fsp3) is 0.188. The van der Waals surface area contributed by atoms with Gasteiger partial charge in [-0.05, 0) is 48.5 Å². The molecule has 0 aliphatic rings. The van der Waals surface area contributed by atoms with Crippen LogP contribution in [0.25, 0.3) is 0 Å². The number of amides is 1. The summed E-state index contributed by atoms with van der Waals surface area (Å²) in [6.07, 6.45) is 0. The van der Waals surface area contributed by atoms with Gasteiger partial charge in [0, 0.05) is 14.1 Å². The molecule has 8 heteroatoms. The number of sulfonamides is 1. The monoisotopic (exact) mass is 354 g/mol. The Labute approximate surface area is 139 Å². The predicted molar refractivity (Wildman–Crippen MR) is 86.0 cm³/mol. The van der Waals surface area contributed by atoms with E-state index in [9.17, 15) is 22.0 Å². The smallest absolute Gasteiger partial charge is 0.264 e. The van der Waals surface area contributed by atoms with Crippen molar-refractivity contribution in [3.8, 4) is 0 Å². The molecule has 0 spiro atoms. The molecule has 0 fully saturated rings. The molecule has 5 nitrogen and oxygen atoms in total. The standard InChI is InChI=1S/C16H16F2N2O3S/c1-19(2)16(21)11-20(14-7-3-12(17)4-8-14)24(22,23)15-9-5-13(18)6-10-15/h3-10H,11H2,1-2H3. The van der Waals surface area contributed by atoms with E-state index in [0.717, 1.165) is 40.7 Å². The van der Waals surface area contributed by atoms with Crippen LogP contribution in [0.2, 0.25) is 0 Å². The van der Waals surface area contributed by atoms with Crippen LogP contribution in [0, 0.1) is 11.6 Å². The van der Waals surface area contributed by atoms with Crippen LogP contribution in [0.1, 0.15) is 0 Å². The number of rotatable bonds is 5. The minimum Gasteiger partial charge on any atom is -0.347 e. The quantitative estimate of drug-likeness (QED) is 0.828. The lowest BCUT2D eigenvalue weighted by atomic mass is 10.3. The fourth-order valence-corrected chi connectivity index (χ4v) is 3.33. The number of hydrogen-bond acceptors (Lipinski definition) is 3. The molecule has 0 unspecified atom stereocenters. The highest BCUT2D eigenvalue weighted by atomic mass is 32.2. The fourth-order valence-electron chi connectivity index (χ4n) is 1.92. The van der Waals surface area contributed by atoms with Gasteiger partial charge >= 0.3 is 0 Å². The molecule has 0 aliphatic heterocycles. The number of halogens is 2. The molecule has 0 atom stereocenters. The van der Waals surface area contributed by atoms with Crippen molar-refractivity contribution in [3.63, 3.8) is 0 Å². The predicted octanol–water partition coefficient (Wildman–Crippen LogP) is 2.25. The van der Waals surface area contributed by atoms with E-state index in [-0.39, 0.29) is 10.6 Å². The molecule has 128 valence electrons. The van der Waals surface area contributed by atoms with Gasteiger partial charge in [-0.2, -0.15) is 0 Å². The van der Waals surface area contributed by atoms with Gasteiger partial charge in [0.05, 0.1) is 10.6 Å². The van der Waals surface area contributed by atoms with E-state index < -0.39 is 34.1 Å². The van der Waals surface area contributed by atoms with E-state index in [1.807, 2.05) is 0 Å². The summed E-state index contributed by atoms with van der Waals surface area (Å²) in [5.41, 5.74) is 0.135. The molecule has 0 radical (unpaired) electrons. The number of hydrogen-bond donors (Lipinski definition) is 0. The summed E-state index contributed by atoms with van der Waals surface area (Å²) in [7, 11) is -1.12. The van der Waals surface area contributed by atoms with Crippen molar-refractivity contribution in [2.24, 2.45) is 0 Å². The Balaban J connectivity index is 2.49. The van der Waals surface area contributed by atoms with Crippen LogP contribution in [0.4, 0.5) is 14.5 Å². The van der Waals surface area contributed by atoms with Crippen LogP contribution < -0.4 is 4.31 Å². The van der Waals surface area contributed by atoms with Gasteiger partial charge in [-0.15, -0.1) is 0 Å². The number of nitrogens with zero attached hydrogens (tertiary/aromatic N) is 2. The molecule has 0 N–H and O–H groups in total. The van der Waals surface area contributed by atoms with Crippen LogP contribution in [-0.4, -0.2) is 39.9 Å². The number of benzene rings is 2. The Morgan fingerprint density at radius 3 is 1.83 bits per heavy atom. The van der Waals surface area contributed by atoms with E-state index in [4.69, 9.17) is 0 Å². The van der Waals surface area contributed by atoms with E-state index in [2.05, 4.69) is 0 Å². The second-order valence-corrected chi connectivity index (χ2v) is 7.09. The van der Waals surface area contributed by atoms with Crippen molar-refractivity contribution in [2.75, 3.05) is 24.9 Å². The molecular weight excluding hydrogens is 338 g/mol. The Hall–Kier alpha value is -2.48. The number of likely N-dealkylation sites (N-methyl/N-ethyl adjacent to an activating group) is 1. The second kappa shape index (κ2) is 6.96. The van der Waals surface area contributed by atoms with E-state index in [0.29, 0.717) is 0 Å². The van der Waals surface area contributed by atoms with E-state index in [1.165, 1.54) is 31.1 Å². The first-order valence-corrected chi connectivity index (χ1v) is 8.40. The molecule has 0 bridgehead atoms. The molecule has 24 heavy (non-hydrogen) atoms. The third kappa shape index (κ3) is 3.88. The molecule has 0 saturated heterocycles. The normalized spacial score (nSPS) is 11.2. The first-order valence-electron chi connectivity index (χ1n) is 6.96. The lowest BCUT2D eigenvalue weighted by molar-refractivity contribution is -0.127. The zero-order valence-electron chi connectivity index (χ0n) is 13.1. The average Bonchev–Trinajstić information content (AvgIpc) is 2.53. The Morgan fingerprint density at radius 2 is 1.38 bits per heavy atom. The number of anilines is 1. The zero-order chi connectivity index (χ0) is 17.9. The summed E-state index contributed by atoms with van der Waals surface area (Å²) in [6, 6.07) is 8.99. The van der Waals surface area contributed by atoms with Gasteiger partial charge in [-0.1, -0.05) is 0 Å².